The highest BCUT2D eigenvalue weighted by Gasteiger charge is 2.25. The van der Waals surface area contributed by atoms with E-state index in [1.165, 1.54) is 31.0 Å². The van der Waals surface area contributed by atoms with Crippen molar-refractivity contribution in [2.45, 2.75) is 43.3 Å². The highest BCUT2D eigenvalue weighted by Crippen LogP contribution is 2.38. The second kappa shape index (κ2) is 8.72. The Labute approximate surface area is 177 Å². The van der Waals surface area contributed by atoms with Crippen LogP contribution in [0.3, 0.4) is 0 Å². The maximum atomic E-state index is 12.4. The average molecular weight is 435 g/mol. The maximum Gasteiger partial charge on any atom is 0.192 e. The molecule has 146 valence electrons. The summed E-state index contributed by atoms with van der Waals surface area (Å²) in [6, 6.07) is 9.33. The fourth-order valence-electron chi connectivity index (χ4n) is 3.61. The van der Waals surface area contributed by atoms with Gasteiger partial charge in [-0.25, -0.2) is 0 Å². The van der Waals surface area contributed by atoms with Gasteiger partial charge in [0.2, 0.25) is 0 Å². The van der Waals surface area contributed by atoms with Crippen LogP contribution in [0, 0.1) is 0 Å². The van der Waals surface area contributed by atoms with Crippen LogP contribution in [-0.4, -0.2) is 31.3 Å². The van der Waals surface area contributed by atoms with E-state index in [1.807, 2.05) is 18.2 Å². The van der Waals surface area contributed by atoms with Gasteiger partial charge in [0.1, 0.15) is 0 Å². The molecule has 0 bridgehead atoms. The lowest BCUT2D eigenvalue weighted by molar-refractivity contribution is 0.101. The number of H-pyrrole nitrogens is 1. The van der Waals surface area contributed by atoms with Crippen LogP contribution in [-0.2, 0) is 0 Å². The summed E-state index contributed by atoms with van der Waals surface area (Å²) in [5, 5.41) is 10.7. The fraction of sp³-hybridized carbons (Fsp3) is 0.350. The van der Waals surface area contributed by atoms with Crippen LogP contribution in [0.15, 0.2) is 41.7 Å². The van der Waals surface area contributed by atoms with Gasteiger partial charge < -0.3 is 4.98 Å². The number of aromatic nitrogens is 4. The van der Waals surface area contributed by atoms with Crippen LogP contribution in [0.2, 0.25) is 10.0 Å². The number of nitrogens with one attached hydrogen (secondary N) is 1. The molecule has 8 heteroatoms. The van der Waals surface area contributed by atoms with E-state index in [0.717, 1.165) is 29.4 Å². The predicted molar refractivity (Wildman–Crippen MR) is 113 cm³/mol. The van der Waals surface area contributed by atoms with Gasteiger partial charge in [-0.05, 0) is 43.2 Å². The molecule has 2 aromatic heterocycles. The van der Waals surface area contributed by atoms with E-state index >= 15 is 0 Å². The molecule has 0 saturated heterocycles. The third kappa shape index (κ3) is 4.14. The minimum absolute atomic E-state index is 0.0410. The minimum atomic E-state index is 0.0410. The first-order chi connectivity index (χ1) is 13.6. The van der Waals surface area contributed by atoms with Gasteiger partial charge in [0.05, 0.1) is 16.5 Å². The van der Waals surface area contributed by atoms with E-state index in [2.05, 4.69) is 19.7 Å². The molecule has 1 aliphatic rings. The summed E-state index contributed by atoms with van der Waals surface area (Å²) in [6.45, 7) is 0. The third-order valence-corrected chi connectivity index (χ3v) is 6.50. The second-order valence-corrected chi connectivity index (χ2v) is 8.67. The fourth-order valence-corrected chi connectivity index (χ4v) is 4.99. The molecule has 1 saturated carbocycles. The van der Waals surface area contributed by atoms with Gasteiger partial charge in [0, 0.05) is 22.8 Å². The number of rotatable bonds is 6. The van der Waals surface area contributed by atoms with Gasteiger partial charge in [-0.1, -0.05) is 54.2 Å². The lowest BCUT2D eigenvalue weighted by Gasteiger charge is -2.25. The number of hydrogen-bond acceptors (Lipinski definition) is 4. The number of benzene rings is 1. The molecule has 0 unspecified atom stereocenters. The average Bonchev–Trinajstić information content (AvgIpc) is 3.37. The van der Waals surface area contributed by atoms with Crippen LogP contribution in [0.25, 0.3) is 11.4 Å². The van der Waals surface area contributed by atoms with E-state index in [0.29, 0.717) is 27.5 Å². The van der Waals surface area contributed by atoms with Gasteiger partial charge in [0.15, 0.2) is 16.8 Å². The summed E-state index contributed by atoms with van der Waals surface area (Å²) < 4.78 is 2.17. The Morgan fingerprint density at radius 2 is 2.00 bits per heavy atom. The summed E-state index contributed by atoms with van der Waals surface area (Å²) in [5.41, 5.74) is 1.42. The molecule has 0 aliphatic heterocycles. The van der Waals surface area contributed by atoms with Crippen LogP contribution in [0.5, 0.6) is 0 Å². The molecule has 1 aromatic carbocycles. The van der Waals surface area contributed by atoms with Crippen molar-refractivity contribution < 1.29 is 4.79 Å². The number of carbonyl (C=O) groups excluding carboxylic acids is 1. The normalized spacial score (nSPS) is 15.1. The molecule has 0 atom stereocenters. The molecule has 1 N–H and O–H groups in total. The number of hydrogen-bond donors (Lipinski definition) is 1. The van der Waals surface area contributed by atoms with Crippen LogP contribution in [0.1, 0.15) is 48.6 Å². The topological polar surface area (TPSA) is 63.6 Å². The quantitative estimate of drug-likeness (QED) is 0.378. The van der Waals surface area contributed by atoms with E-state index in [4.69, 9.17) is 23.2 Å². The first-order valence-corrected chi connectivity index (χ1v) is 11.1. The van der Waals surface area contributed by atoms with Crippen molar-refractivity contribution in [2.24, 2.45) is 0 Å². The smallest absolute Gasteiger partial charge is 0.192 e. The Morgan fingerprint density at radius 1 is 1.18 bits per heavy atom. The summed E-state index contributed by atoms with van der Waals surface area (Å²) >= 11 is 13.9. The SMILES string of the molecule is O=C(CSc1nnc(-c2ccc(Cl)cc2Cl)n1C1CCCCC1)c1ccc[nH]1. The number of nitrogens with zero attached hydrogens (tertiary/aromatic N) is 3. The summed E-state index contributed by atoms with van der Waals surface area (Å²) in [4.78, 5) is 15.3. The number of aromatic amines is 1. The van der Waals surface area contributed by atoms with Gasteiger partial charge >= 0.3 is 0 Å². The lowest BCUT2D eigenvalue weighted by atomic mass is 9.95. The van der Waals surface area contributed by atoms with Crippen LogP contribution in [0.4, 0.5) is 0 Å². The van der Waals surface area contributed by atoms with E-state index in [-0.39, 0.29) is 5.78 Å². The van der Waals surface area contributed by atoms with Gasteiger partial charge in [0.25, 0.3) is 0 Å². The monoisotopic (exact) mass is 434 g/mol. The molecular formula is C20H20Cl2N4OS. The minimum Gasteiger partial charge on any atom is -0.359 e. The van der Waals surface area contributed by atoms with E-state index in [1.54, 1.807) is 18.3 Å². The molecule has 28 heavy (non-hydrogen) atoms. The Kier molecular flexibility index (Phi) is 6.09. The summed E-state index contributed by atoms with van der Waals surface area (Å²) in [6.07, 6.45) is 7.53. The zero-order valence-corrected chi connectivity index (χ0v) is 17.5. The van der Waals surface area contributed by atoms with Gasteiger partial charge in [-0.15, -0.1) is 10.2 Å². The zero-order chi connectivity index (χ0) is 19.5. The summed E-state index contributed by atoms with van der Waals surface area (Å²) in [7, 11) is 0. The predicted octanol–water partition coefficient (Wildman–Crippen LogP) is 6.06. The molecule has 4 rings (SSSR count). The Hall–Kier alpha value is -1.76. The van der Waals surface area contributed by atoms with Crippen LogP contribution < -0.4 is 0 Å². The molecular weight excluding hydrogens is 415 g/mol. The Bertz CT molecular complexity index is 965. The standard InChI is InChI=1S/C20H20Cl2N4OS/c21-13-8-9-15(16(22)11-13)19-24-25-20(26(19)14-5-2-1-3-6-14)28-12-18(27)17-7-4-10-23-17/h4,7-11,14,23H,1-3,5-6,12H2. The van der Waals surface area contributed by atoms with Gasteiger partial charge in [-0.3, -0.25) is 9.36 Å². The first kappa shape index (κ1) is 19.6. The van der Waals surface area contributed by atoms with Crippen molar-refractivity contribution in [3.63, 3.8) is 0 Å². The first-order valence-electron chi connectivity index (χ1n) is 9.33. The van der Waals surface area contributed by atoms with Gasteiger partial charge in [-0.2, -0.15) is 0 Å². The Balaban J connectivity index is 1.66. The number of halogens is 2. The molecule has 2 heterocycles. The number of ketones is 1. The molecule has 1 fully saturated rings. The van der Waals surface area contributed by atoms with Crippen molar-refractivity contribution in [1.29, 1.82) is 0 Å². The number of Topliss-reactive ketones (excluding diaryl/α,β-unsaturated/α-hetero) is 1. The van der Waals surface area contributed by atoms with Crippen molar-refractivity contribution in [1.82, 2.24) is 19.7 Å². The van der Waals surface area contributed by atoms with Crippen molar-refractivity contribution in [2.75, 3.05) is 5.75 Å². The van der Waals surface area contributed by atoms with Crippen molar-refractivity contribution in [3.8, 4) is 11.4 Å². The molecule has 5 nitrogen and oxygen atoms in total. The Morgan fingerprint density at radius 3 is 2.71 bits per heavy atom. The highest BCUT2D eigenvalue weighted by molar-refractivity contribution is 7.99. The van der Waals surface area contributed by atoms with E-state index in [9.17, 15) is 4.79 Å². The third-order valence-electron chi connectivity index (χ3n) is 5.01. The molecule has 0 spiro atoms. The van der Waals surface area contributed by atoms with E-state index < -0.39 is 0 Å². The summed E-state index contributed by atoms with van der Waals surface area (Å²) in [5.74, 6) is 1.09. The van der Waals surface area contributed by atoms with Crippen molar-refractivity contribution in [3.05, 3.63) is 52.3 Å². The second-order valence-electron chi connectivity index (χ2n) is 6.89. The number of carbonyl (C=O) groups is 1. The maximum absolute atomic E-state index is 12.4. The largest absolute Gasteiger partial charge is 0.359 e. The van der Waals surface area contributed by atoms with Crippen molar-refractivity contribution >= 4 is 40.7 Å². The molecule has 0 amide bonds. The highest BCUT2D eigenvalue weighted by atomic mass is 35.5. The zero-order valence-electron chi connectivity index (χ0n) is 15.2. The molecule has 1 aliphatic carbocycles. The molecule has 3 aromatic rings. The number of thioether (sulfide) groups is 1. The molecule has 0 radical (unpaired) electrons. The lowest BCUT2D eigenvalue weighted by Crippen LogP contribution is -2.15. The van der Waals surface area contributed by atoms with Crippen LogP contribution >= 0.6 is 35.0 Å².